The molecule has 1 unspecified atom stereocenters. The molecule has 0 spiro atoms. The van der Waals surface area contributed by atoms with Crippen LogP contribution in [0.3, 0.4) is 0 Å². The van der Waals surface area contributed by atoms with Crippen molar-refractivity contribution in [1.29, 1.82) is 0 Å². The Morgan fingerprint density at radius 2 is 1.76 bits per heavy atom. The van der Waals surface area contributed by atoms with Gasteiger partial charge in [-0.2, -0.15) is 0 Å². The highest BCUT2D eigenvalue weighted by atomic mass is 35.5. The number of ether oxygens (including phenoxy) is 1. The van der Waals surface area contributed by atoms with Crippen LogP contribution in [0.15, 0.2) is 66.1 Å². The topological polar surface area (TPSA) is 27.1 Å². The maximum absolute atomic E-state index is 6.40. The Hall–Kier alpha value is -1.62. The summed E-state index contributed by atoms with van der Waals surface area (Å²) in [5.41, 5.74) is 1.09. The van der Waals surface area contributed by atoms with E-state index in [2.05, 4.69) is 42.5 Å². The zero-order valence-corrected chi connectivity index (χ0v) is 19.3. The van der Waals surface area contributed by atoms with Crippen molar-refractivity contribution >= 4 is 35.0 Å². The summed E-state index contributed by atoms with van der Waals surface area (Å²) in [5, 5.41) is 1.70. The molecule has 154 valence electrons. The first-order valence-corrected chi connectivity index (χ1v) is 11.3. The van der Waals surface area contributed by atoms with Crippen LogP contribution in [0.25, 0.3) is 0 Å². The first-order chi connectivity index (χ1) is 13.8. The van der Waals surface area contributed by atoms with Crippen LogP contribution in [0, 0.1) is 0 Å². The van der Waals surface area contributed by atoms with Gasteiger partial charge in [-0.25, -0.2) is 4.98 Å². The van der Waals surface area contributed by atoms with Crippen LogP contribution in [0.5, 0.6) is 5.75 Å². The van der Waals surface area contributed by atoms with E-state index in [0.29, 0.717) is 15.3 Å². The second-order valence-electron chi connectivity index (χ2n) is 7.95. The molecule has 0 saturated carbocycles. The minimum absolute atomic E-state index is 0.192. The molecule has 1 heterocycles. The summed E-state index contributed by atoms with van der Waals surface area (Å²) in [6.07, 6.45) is 7.59. The molecule has 6 heteroatoms. The van der Waals surface area contributed by atoms with E-state index in [0.717, 1.165) is 30.0 Å². The van der Waals surface area contributed by atoms with Crippen LogP contribution in [-0.2, 0) is 13.0 Å². The van der Waals surface area contributed by atoms with Gasteiger partial charge in [0.05, 0.1) is 16.4 Å². The molecule has 0 aliphatic rings. The van der Waals surface area contributed by atoms with E-state index in [1.165, 1.54) is 5.56 Å². The number of rotatable bonds is 8. The van der Waals surface area contributed by atoms with Gasteiger partial charge in [0.1, 0.15) is 11.4 Å². The van der Waals surface area contributed by atoms with Crippen LogP contribution in [-0.4, -0.2) is 20.4 Å². The Labute approximate surface area is 187 Å². The maximum atomic E-state index is 6.40. The van der Waals surface area contributed by atoms with E-state index in [1.807, 2.05) is 42.9 Å². The van der Waals surface area contributed by atoms with Gasteiger partial charge in [0.25, 0.3) is 0 Å². The first-order valence-electron chi connectivity index (χ1n) is 9.64. The summed E-state index contributed by atoms with van der Waals surface area (Å²) in [6.45, 7) is 7.01. The largest absolute Gasteiger partial charge is 0.488 e. The van der Waals surface area contributed by atoms with Crippen molar-refractivity contribution in [2.75, 3.05) is 0 Å². The molecule has 1 atom stereocenters. The van der Waals surface area contributed by atoms with Crippen LogP contribution in [0.4, 0.5) is 0 Å². The number of aromatic nitrogens is 2. The predicted octanol–water partition coefficient (Wildman–Crippen LogP) is 7.16. The molecule has 0 fully saturated rings. The van der Waals surface area contributed by atoms with Crippen molar-refractivity contribution in [2.24, 2.45) is 0 Å². The zero-order valence-electron chi connectivity index (χ0n) is 16.9. The average molecular weight is 449 g/mol. The third-order valence-electron chi connectivity index (χ3n) is 4.28. The van der Waals surface area contributed by atoms with Crippen molar-refractivity contribution in [2.45, 2.75) is 55.9 Å². The summed E-state index contributed by atoms with van der Waals surface area (Å²) < 4.78 is 8.01. The van der Waals surface area contributed by atoms with E-state index < -0.39 is 0 Å². The molecule has 0 saturated heterocycles. The van der Waals surface area contributed by atoms with Crippen LogP contribution in [0.2, 0.25) is 10.0 Å². The lowest BCUT2D eigenvalue weighted by molar-refractivity contribution is 0.131. The van der Waals surface area contributed by atoms with Gasteiger partial charge < -0.3 is 9.30 Å². The first kappa shape index (κ1) is 22.1. The third kappa shape index (κ3) is 6.98. The van der Waals surface area contributed by atoms with Gasteiger partial charge >= 0.3 is 0 Å². The lowest BCUT2D eigenvalue weighted by atomic mass is 10.1. The van der Waals surface area contributed by atoms with Crippen LogP contribution >= 0.6 is 35.0 Å². The number of benzene rings is 2. The highest BCUT2D eigenvalue weighted by Crippen LogP contribution is 2.38. The molecule has 1 aromatic heterocycles. The monoisotopic (exact) mass is 448 g/mol. The van der Waals surface area contributed by atoms with E-state index in [-0.39, 0.29) is 5.60 Å². The van der Waals surface area contributed by atoms with Crippen LogP contribution < -0.4 is 4.74 Å². The van der Waals surface area contributed by atoms with Gasteiger partial charge in [-0.3, -0.25) is 0 Å². The molecule has 2 aromatic carbocycles. The number of hydrogen-bond donors (Lipinski definition) is 0. The Kier molecular flexibility index (Phi) is 7.55. The Balaban J connectivity index is 1.68. The minimum Gasteiger partial charge on any atom is -0.488 e. The van der Waals surface area contributed by atoms with Gasteiger partial charge in [0.2, 0.25) is 0 Å². The standard InChI is InChI=1S/C23H26Cl2N2OS/c1-23(2,3)28-18-10-7-17(8-11-18)9-12-19(15-27-14-13-26-16-27)29-22-20(24)5-4-6-21(22)25/h4-8,10-11,13-14,16,19H,9,12,15H2,1-3H3. The molecule has 0 radical (unpaired) electrons. The van der Waals surface area contributed by atoms with Crippen LogP contribution in [0.1, 0.15) is 32.8 Å². The van der Waals surface area contributed by atoms with E-state index in [9.17, 15) is 0 Å². The Morgan fingerprint density at radius 3 is 2.34 bits per heavy atom. The number of aryl methyl sites for hydroxylation is 1. The average Bonchev–Trinajstić information content (AvgIpc) is 3.15. The molecule has 0 amide bonds. The molecular formula is C23H26Cl2N2OS. The molecule has 3 nitrogen and oxygen atoms in total. The van der Waals surface area contributed by atoms with Gasteiger partial charge in [-0.1, -0.05) is 41.4 Å². The van der Waals surface area contributed by atoms with Gasteiger partial charge in [-0.15, -0.1) is 11.8 Å². The molecule has 0 aliphatic carbocycles. The summed E-state index contributed by atoms with van der Waals surface area (Å²) in [7, 11) is 0. The van der Waals surface area contributed by atoms with Gasteiger partial charge in [-0.05, 0) is 63.4 Å². The molecule has 0 aliphatic heterocycles. The Bertz CT molecular complexity index is 885. The fourth-order valence-corrected chi connectivity index (χ4v) is 4.83. The van der Waals surface area contributed by atoms with E-state index in [4.69, 9.17) is 27.9 Å². The van der Waals surface area contributed by atoms with Crippen molar-refractivity contribution in [3.63, 3.8) is 0 Å². The molecule has 3 aromatic rings. The molecule has 29 heavy (non-hydrogen) atoms. The van der Waals surface area contributed by atoms with Crippen molar-refractivity contribution < 1.29 is 4.74 Å². The predicted molar refractivity (Wildman–Crippen MR) is 123 cm³/mol. The second-order valence-corrected chi connectivity index (χ2v) is 10.1. The summed E-state index contributed by atoms with van der Waals surface area (Å²) in [5.74, 6) is 0.897. The molecule has 3 rings (SSSR count). The fraction of sp³-hybridized carbons (Fsp3) is 0.348. The molecule has 0 bridgehead atoms. The van der Waals surface area contributed by atoms with Crippen molar-refractivity contribution in [3.8, 4) is 5.75 Å². The number of hydrogen-bond acceptors (Lipinski definition) is 3. The lowest BCUT2D eigenvalue weighted by Crippen LogP contribution is -2.22. The van der Waals surface area contributed by atoms with E-state index in [1.54, 1.807) is 18.0 Å². The molecule has 0 N–H and O–H groups in total. The lowest BCUT2D eigenvalue weighted by Gasteiger charge is -2.21. The second kappa shape index (κ2) is 9.92. The Morgan fingerprint density at radius 1 is 1.07 bits per heavy atom. The SMILES string of the molecule is CC(C)(C)Oc1ccc(CCC(Cn2ccnc2)Sc2c(Cl)cccc2Cl)cc1. The van der Waals surface area contributed by atoms with Crippen molar-refractivity contribution in [3.05, 3.63) is 76.8 Å². The fourth-order valence-electron chi connectivity index (χ4n) is 2.98. The summed E-state index contributed by atoms with van der Waals surface area (Å²) >= 11 is 14.5. The molecular weight excluding hydrogens is 423 g/mol. The maximum Gasteiger partial charge on any atom is 0.120 e. The zero-order chi connectivity index (χ0) is 20.9. The van der Waals surface area contributed by atoms with Gasteiger partial charge in [0, 0.05) is 29.1 Å². The van der Waals surface area contributed by atoms with Crippen molar-refractivity contribution in [1.82, 2.24) is 9.55 Å². The number of nitrogens with zero attached hydrogens (tertiary/aromatic N) is 2. The number of halogens is 2. The van der Waals surface area contributed by atoms with E-state index >= 15 is 0 Å². The minimum atomic E-state index is -0.192. The summed E-state index contributed by atoms with van der Waals surface area (Å²) in [6, 6.07) is 14.0. The quantitative estimate of drug-likeness (QED) is 0.342. The number of thioether (sulfide) groups is 1. The third-order valence-corrected chi connectivity index (χ3v) is 6.53. The summed E-state index contributed by atoms with van der Waals surface area (Å²) in [4.78, 5) is 5.10. The number of imidazole rings is 1. The highest BCUT2D eigenvalue weighted by molar-refractivity contribution is 8.00. The smallest absolute Gasteiger partial charge is 0.120 e. The highest BCUT2D eigenvalue weighted by Gasteiger charge is 2.17. The normalized spacial score (nSPS) is 12.7. The van der Waals surface area contributed by atoms with Gasteiger partial charge in [0.15, 0.2) is 0 Å².